The Morgan fingerprint density at radius 1 is 1.05 bits per heavy atom. The second kappa shape index (κ2) is 6.46. The van der Waals surface area contributed by atoms with Gasteiger partial charge in [0, 0.05) is 5.69 Å². The third-order valence-electron chi connectivity index (χ3n) is 2.81. The first-order valence-corrected chi connectivity index (χ1v) is 7.75. The summed E-state index contributed by atoms with van der Waals surface area (Å²) >= 11 is 0. The summed E-state index contributed by atoms with van der Waals surface area (Å²) in [7, 11) is -4.08. The third kappa shape index (κ3) is 4.47. The van der Waals surface area contributed by atoms with Crippen LogP contribution in [-0.2, 0) is 16.8 Å². The molecule has 0 unspecified atom stereocenters. The second-order valence-corrected chi connectivity index (χ2v) is 5.63. The number of nitrogens with zero attached hydrogens (tertiary/aromatic N) is 1. The summed E-state index contributed by atoms with van der Waals surface area (Å²) in [4.78, 5) is 13.0. The highest BCUT2D eigenvalue weighted by molar-refractivity contribution is 7.84. The molecule has 2 rings (SSSR count). The minimum absolute atomic E-state index is 0.0513. The van der Waals surface area contributed by atoms with Crippen molar-refractivity contribution < 1.29 is 17.4 Å². The molecule has 0 saturated carbocycles. The van der Waals surface area contributed by atoms with E-state index in [1.54, 1.807) is 0 Å². The largest absolute Gasteiger partial charge is 0.380 e. The number of rotatable bonds is 5. The molecule has 0 radical (unpaired) electrons. The van der Waals surface area contributed by atoms with Gasteiger partial charge in [-0.3, -0.25) is 4.90 Å². The molecule has 2 aromatic carbocycles. The van der Waals surface area contributed by atoms with Crippen LogP contribution in [0.5, 0.6) is 5.75 Å². The maximum atomic E-state index is 11.6. The highest BCUT2D eigenvalue weighted by Crippen LogP contribution is 2.21. The topological polar surface area (TPSA) is 116 Å². The fourth-order valence-electron chi connectivity index (χ4n) is 1.88. The van der Waals surface area contributed by atoms with Gasteiger partial charge in [0.15, 0.2) is 0 Å². The second-order valence-electron chi connectivity index (χ2n) is 4.48. The molecule has 0 spiro atoms. The number of urea groups is 1. The molecule has 0 heterocycles. The average molecular weight is 321 g/mol. The van der Waals surface area contributed by atoms with Crippen molar-refractivity contribution >= 4 is 22.0 Å². The van der Waals surface area contributed by atoms with Gasteiger partial charge in [0.1, 0.15) is 5.75 Å². The molecule has 7 nitrogen and oxygen atoms in total. The lowest BCUT2D eigenvalue weighted by Crippen LogP contribution is -2.35. The van der Waals surface area contributed by atoms with E-state index in [-0.39, 0.29) is 5.75 Å². The molecule has 116 valence electrons. The van der Waals surface area contributed by atoms with Crippen LogP contribution in [-0.4, -0.2) is 14.4 Å². The van der Waals surface area contributed by atoms with Gasteiger partial charge < -0.3 is 9.92 Å². The van der Waals surface area contributed by atoms with Gasteiger partial charge in [0.2, 0.25) is 0 Å². The molecule has 8 heteroatoms. The number of primary amides is 1. The van der Waals surface area contributed by atoms with Gasteiger partial charge in [-0.15, -0.1) is 0 Å². The van der Waals surface area contributed by atoms with E-state index in [1.807, 2.05) is 30.3 Å². The Bertz CT molecular complexity index is 745. The molecule has 0 aliphatic heterocycles. The van der Waals surface area contributed by atoms with Crippen LogP contribution in [0.25, 0.3) is 0 Å². The molecule has 2 aromatic rings. The van der Waals surface area contributed by atoms with Crippen LogP contribution in [0.15, 0.2) is 54.6 Å². The number of hydrogen-bond donors (Lipinski definition) is 2. The maximum absolute atomic E-state index is 11.6. The van der Waals surface area contributed by atoms with Gasteiger partial charge in [0.05, 0.1) is 6.54 Å². The first-order valence-electron chi connectivity index (χ1n) is 6.28. The number of amides is 2. The zero-order valence-electron chi connectivity index (χ0n) is 11.5. The molecule has 2 amide bonds. The molecule has 22 heavy (non-hydrogen) atoms. The van der Waals surface area contributed by atoms with Gasteiger partial charge in [-0.05, 0) is 29.8 Å². The van der Waals surface area contributed by atoms with Crippen molar-refractivity contribution in [1.82, 2.24) is 0 Å². The SMILES string of the molecule is NC(=O)N(Cc1ccccc1)c1ccc(OS(N)(=O)=O)cc1. The maximum Gasteiger partial charge on any atom is 0.380 e. The van der Waals surface area contributed by atoms with Crippen molar-refractivity contribution in [3.05, 3.63) is 60.2 Å². The Hall–Kier alpha value is -2.58. The van der Waals surface area contributed by atoms with Gasteiger partial charge in [-0.2, -0.15) is 13.6 Å². The fourth-order valence-corrected chi connectivity index (χ4v) is 2.26. The predicted octanol–water partition coefficient (Wildman–Crippen LogP) is 1.35. The Morgan fingerprint density at radius 3 is 2.14 bits per heavy atom. The highest BCUT2D eigenvalue weighted by atomic mass is 32.2. The molecular formula is C14H15N3O4S. The number of carbonyl (C=O) groups is 1. The van der Waals surface area contributed by atoms with E-state index >= 15 is 0 Å². The van der Waals surface area contributed by atoms with Crippen LogP contribution in [0, 0.1) is 0 Å². The summed E-state index contributed by atoms with van der Waals surface area (Å²) in [6.45, 7) is 0.297. The summed E-state index contributed by atoms with van der Waals surface area (Å²) in [5.41, 5.74) is 6.82. The van der Waals surface area contributed by atoms with Crippen molar-refractivity contribution in [3.63, 3.8) is 0 Å². The Balaban J connectivity index is 2.20. The normalized spacial score (nSPS) is 11.0. The quantitative estimate of drug-likeness (QED) is 0.864. The van der Waals surface area contributed by atoms with Crippen molar-refractivity contribution in [2.75, 3.05) is 4.90 Å². The molecule has 0 bridgehead atoms. The summed E-state index contributed by atoms with van der Waals surface area (Å²) < 4.78 is 26.2. The molecule has 0 saturated heterocycles. The summed E-state index contributed by atoms with van der Waals surface area (Å²) in [6.07, 6.45) is 0. The number of nitrogens with two attached hydrogens (primary N) is 2. The third-order valence-corrected chi connectivity index (χ3v) is 3.24. The highest BCUT2D eigenvalue weighted by Gasteiger charge is 2.13. The summed E-state index contributed by atoms with van der Waals surface area (Å²) in [5, 5.41) is 4.78. The molecule has 0 aliphatic rings. The molecule has 4 N–H and O–H groups in total. The van der Waals surface area contributed by atoms with Crippen LogP contribution in [0.1, 0.15) is 5.56 Å². The molecule has 0 aromatic heterocycles. The molecule has 0 atom stereocenters. The molecule has 0 aliphatic carbocycles. The number of benzene rings is 2. The minimum atomic E-state index is -4.08. The monoisotopic (exact) mass is 321 g/mol. The molecule has 0 fully saturated rings. The number of anilines is 1. The zero-order chi connectivity index (χ0) is 16.2. The smallest absolute Gasteiger partial charge is 0.371 e. The zero-order valence-corrected chi connectivity index (χ0v) is 12.4. The average Bonchev–Trinajstić information content (AvgIpc) is 2.45. The van der Waals surface area contributed by atoms with E-state index in [0.29, 0.717) is 12.2 Å². The first-order chi connectivity index (χ1) is 10.3. The lowest BCUT2D eigenvalue weighted by molar-refractivity contribution is 0.253. The van der Waals surface area contributed by atoms with Crippen molar-refractivity contribution in [1.29, 1.82) is 0 Å². The summed E-state index contributed by atoms with van der Waals surface area (Å²) in [5.74, 6) is 0.0513. The van der Waals surface area contributed by atoms with E-state index < -0.39 is 16.3 Å². The van der Waals surface area contributed by atoms with Gasteiger partial charge >= 0.3 is 16.3 Å². The number of carbonyl (C=O) groups excluding carboxylic acids is 1. The van der Waals surface area contributed by atoms with Crippen LogP contribution in [0.4, 0.5) is 10.5 Å². The van der Waals surface area contributed by atoms with Gasteiger partial charge in [0.25, 0.3) is 0 Å². The number of hydrogen-bond acceptors (Lipinski definition) is 4. The predicted molar refractivity (Wildman–Crippen MR) is 82.4 cm³/mol. The van der Waals surface area contributed by atoms with Crippen LogP contribution >= 0.6 is 0 Å². The van der Waals surface area contributed by atoms with E-state index in [2.05, 4.69) is 4.18 Å². The van der Waals surface area contributed by atoms with Crippen LogP contribution in [0.3, 0.4) is 0 Å². The van der Waals surface area contributed by atoms with Crippen LogP contribution in [0.2, 0.25) is 0 Å². The minimum Gasteiger partial charge on any atom is -0.371 e. The van der Waals surface area contributed by atoms with Crippen molar-refractivity contribution in [3.8, 4) is 5.75 Å². The molecular weight excluding hydrogens is 306 g/mol. The van der Waals surface area contributed by atoms with Crippen LogP contribution < -0.4 is 20.0 Å². The summed E-state index contributed by atoms with van der Waals surface area (Å²) in [6, 6.07) is 14.5. The Morgan fingerprint density at radius 2 is 1.64 bits per heavy atom. The van der Waals surface area contributed by atoms with E-state index in [0.717, 1.165) is 5.56 Å². The van der Waals surface area contributed by atoms with Gasteiger partial charge in [-0.1, -0.05) is 30.3 Å². The van der Waals surface area contributed by atoms with E-state index in [9.17, 15) is 13.2 Å². The van der Waals surface area contributed by atoms with E-state index in [4.69, 9.17) is 10.9 Å². The standard InChI is InChI=1S/C14H15N3O4S/c15-14(18)17(10-11-4-2-1-3-5-11)12-6-8-13(9-7-12)21-22(16,19)20/h1-9H,10H2,(H2,15,18)(H2,16,19,20). The Labute approximate surface area is 128 Å². The van der Waals surface area contributed by atoms with Gasteiger partial charge in [-0.25, -0.2) is 4.79 Å². The van der Waals surface area contributed by atoms with Crippen molar-refractivity contribution in [2.24, 2.45) is 10.9 Å². The Kier molecular flexibility index (Phi) is 4.64. The van der Waals surface area contributed by atoms with E-state index in [1.165, 1.54) is 29.2 Å². The first kappa shape index (κ1) is 15.8. The lowest BCUT2D eigenvalue weighted by Gasteiger charge is -2.20. The van der Waals surface area contributed by atoms with Crippen molar-refractivity contribution in [2.45, 2.75) is 6.54 Å². The fraction of sp³-hybridized carbons (Fsp3) is 0.0714. The lowest BCUT2D eigenvalue weighted by atomic mass is 10.2.